The highest BCUT2D eigenvalue weighted by Crippen LogP contribution is 2.27. The summed E-state index contributed by atoms with van der Waals surface area (Å²) in [6, 6.07) is 17.4. The van der Waals surface area contributed by atoms with E-state index < -0.39 is 6.09 Å². The lowest BCUT2D eigenvalue weighted by atomic mass is 9.97. The first kappa shape index (κ1) is 27.6. The van der Waals surface area contributed by atoms with Crippen LogP contribution in [0.4, 0.5) is 4.79 Å². The minimum absolute atomic E-state index is 0.0740. The Morgan fingerprint density at radius 2 is 1.94 bits per heavy atom. The second kappa shape index (κ2) is 15.2. The van der Waals surface area contributed by atoms with Crippen LogP contribution in [0, 0.1) is 5.92 Å². The summed E-state index contributed by atoms with van der Waals surface area (Å²) in [6.45, 7) is 5.02. The topological polar surface area (TPSA) is 89.1 Å². The van der Waals surface area contributed by atoms with E-state index in [0.717, 1.165) is 43.6 Å². The summed E-state index contributed by atoms with van der Waals surface area (Å²) in [6.07, 6.45) is 3.45. The molecule has 1 aliphatic heterocycles. The van der Waals surface area contributed by atoms with Crippen molar-refractivity contribution in [3.05, 3.63) is 71.3 Å². The number of amides is 2. The molecule has 1 aliphatic rings. The fourth-order valence-corrected chi connectivity index (χ4v) is 4.40. The predicted molar refractivity (Wildman–Crippen MR) is 139 cm³/mol. The van der Waals surface area contributed by atoms with Gasteiger partial charge in [0.05, 0.1) is 13.2 Å². The minimum Gasteiger partial charge on any atom is -0.450 e. The molecule has 2 N–H and O–H groups in total. The van der Waals surface area contributed by atoms with Crippen LogP contribution in [0.15, 0.2) is 54.6 Å². The maximum absolute atomic E-state index is 13.3. The number of rotatable bonds is 13. The van der Waals surface area contributed by atoms with Crippen LogP contribution in [-0.2, 0) is 14.2 Å². The second-order valence-corrected chi connectivity index (χ2v) is 8.84. The highest BCUT2D eigenvalue weighted by molar-refractivity contribution is 5.94. The Morgan fingerprint density at radius 3 is 2.67 bits per heavy atom. The maximum Gasteiger partial charge on any atom is 0.407 e. The number of hydrogen-bond donors (Lipinski definition) is 2. The van der Waals surface area contributed by atoms with Gasteiger partial charge in [-0.15, -0.1) is 0 Å². The van der Waals surface area contributed by atoms with E-state index in [1.165, 1.54) is 6.42 Å². The van der Waals surface area contributed by atoms with E-state index in [9.17, 15) is 9.59 Å². The molecule has 3 rings (SSSR count). The lowest BCUT2D eigenvalue weighted by Crippen LogP contribution is -2.41. The molecule has 0 bridgehead atoms. The Morgan fingerprint density at radius 1 is 1.14 bits per heavy atom. The van der Waals surface area contributed by atoms with Crippen molar-refractivity contribution in [2.24, 2.45) is 5.92 Å². The summed E-state index contributed by atoms with van der Waals surface area (Å²) in [4.78, 5) is 24.9. The van der Waals surface area contributed by atoms with E-state index >= 15 is 0 Å². The van der Waals surface area contributed by atoms with Gasteiger partial charge in [0.15, 0.2) is 0 Å². The van der Waals surface area contributed by atoms with Gasteiger partial charge in [0.2, 0.25) is 0 Å². The molecule has 1 saturated heterocycles. The first-order valence-corrected chi connectivity index (χ1v) is 12.9. The summed E-state index contributed by atoms with van der Waals surface area (Å²) in [5, 5.41) is 4.35. The lowest BCUT2D eigenvalue weighted by molar-refractivity contribution is 0.0476. The molecule has 1 heterocycles. The molecule has 2 aromatic carbocycles. The Kier molecular flexibility index (Phi) is 11.7. The van der Waals surface area contributed by atoms with Crippen LogP contribution in [0.5, 0.6) is 0 Å². The first-order chi connectivity index (χ1) is 17.6. The molecule has 36 heavy (non-hydrogen) atoms. The molecule has 2 amide bonds. The largest absolute Gasteiger partial charge is 0.450 e. The van der Waals surface area contributed by atoms with Crippen molar-refractivity contribution in [2.75, 3.05) is 46.6 Å². The molecule has 0 saturated carbocycles. The molecule has 8 heteroatoms. The van der Waals surface area contributed by atoms with Crippen LogP contribution in [0.2, 0.25) is 0 Å². The number of alkyl carbamates (subject to hydrolysis) is 1. The van der Waals surface area contributed by atoms with Crippen molar-refractivity contribution in [1.82, 2.24) is 15.8 Å². The van der Waals surface area contributed by atoms with Gasteiger partial charge in [0, 0.05) is 38.9 Å². The van der Waals surface area contributed by atoms with Gasteiger partial charge in [-0.25, -0.2) is 10.2 Å². The molecule has 0 aliphatic carbocycles. The first-order valence-electron chi connectivity index (χ1n) is 12.9. The minimum atomic E-state index is -0.465. The van der Waals surface area contributed by atoms with Crippen molar-refractivity contribution < 1.29 is 23.8 Å². The van der Waals surface area contributed by atoms with E-state index in [1.54, 1.807) is 19.0 Å². The third-order valence-electron chi connectivity index (χ3n) is 6.23. The smallest absolute Gasteiger partial charge is 0.407 e. The van der Waals surface area contributed by atoms with E-state index in [4.69, 9.17) is 14.2 Å². The molecule has 0 aromatic heterocycles. The fourth-order valence-electron chi connectivity index (χ4n) is 4.40. The highest BCUT2D eigenvalue weighted by atomic mass is 16.5. The molecule has 8 nitrogen and oxygen atoms in total. The quantitative estimate of drug-likeness (QED) is 0.316. The van der Waals surface area contributed by atoms with Gasteiger partial charge >= 0.3 is 6.09 Å². The number of nitrogens with zero attached hydrogens (tertiary/aromatic N) is 1. The zero-order chi connectivity index (χ0) is 25.6. The van der Waals surface area contributed by atoms with Gasteiger partial charge in [-0.2, -0.15) is 0 Å². The second-order valence-electron chi connectivity index (χ2n) is 8.84. The molecule has 0 spiro atoms. The third-order valence-corrected chi connectivity index (χ3v) is 6.23. The number of carbonyl (C=O) groups excluding carboxylic acids is 2. The summed E-state index contributed by atoms with van der Waals surface area (Å²) in [5.41, 5.74) is 5.49. The zero-order valence-electron chi connectivity index (χ0n) is 21.4. The van der Waals surface area contributed by atoms with Crippen molar-refractivity contribution in [3.8, 4) is 0 Å². The van der Waals surface area contributed by atoms with Gasteiger partial charge < -0.3 is 19.5 Å². The Hall–Kier alpha value is -2.94. The number of ether oxygens (including phenoxy) is 3. The van der Waals surface area contributed by atoms with Crippen molar-refractivity contribution >= 4 is 12.0 Å². The van der Waals surface area contributed by atoms with Gasteiger partial charge in [-0.3, -0.25) is 9.80 Å². The highest BCUT2D eigenvalue weighted by Gasteiger charge is 2.20. The zero-order valence-corrected chi connectivity index (χ0v) is 21.4. The fraction of sp³-hybridized carbons (Fsp3) is 0.500. The standard InChI is InChI=1S/C28H39N3O5/c1-3-35-28(33)30-16-19-36-26(23-12-5-4-6-13-23)24-14-7-15-25(20-24)27(32)31(29-2)17-8-10-22-11-9-18-34-21-22/h4-7,12-15,20,22,26,29H,3,8-11,16-19,21H2,1-2H3,(H,30,33). The average Bonchev–Trinajstić information content (AvgIpc) is 2.92. The molecule has 2 aromatic rings. The molecule has 2 atom stereocenters. The van der Waals surface area contributed by atoms with E-state index in [1.807, 2.05) is 54.6 Å². The van der Waals surface area contributed by atoms with Gasteiger partial charge in [-0.1, -0.05) is 42.5 Å². The van der Waals surface area contributed by atoms with Crippen molar-refractivity contribution in [3.63, 3.8) is 0 Å². The number of nitrogens with one attached hydrogen (secondary N) is 2. The van der Waals surface area contributed by atoms with Gasteiger partial charge in [0.1, 0.15) is 6.10 Å². The van der Waals surface area contributed by atoms with Crippen LogP contribution < -0.4 is 10.7 Å². The SMILES string of the molecule is CCOC(=O)NCCOC(c1ccccc1)c1cccc(C(=O)N(CCCC2CCCOC2)NC)c1. The number of hydrogen-bond acceptors (Lipinski definition) is 6. The summed E-state index contributed by atoms with van der Waals surface area (Å²) < 4.78 is 16.6. The summed E-state index contributed by atoms with van der Waals surface area (Å²) >= 11 is 0. The monoisotopic (exact) mass is 497 g/mol. The van der Waals surface area contributed by atoms with E-state index in [2.05, 4.69) is 10.7 Å². The van der Waals surface area contributed by atoms with E-state index in [-0.39, 0.29) is 12.0 Å². The number of carbonyl (C=O) groups is 2. The van der Waals surface area contributed by atoms with Gasteiger partial charge in [0.25, 0.3) is 5.91 Å². The molecule has 2 unspecified atom stereocenters. The van der Waals surface area contributed by atoms with E-state index in [0.29, 0.717) is 37.8 Å². The van der Waals surface area contributed by atoms with Crippen LogP contribution in [-0.4, -0.2) is 63.6 Å². The Balaban J connectivity index is 1.65. The van der Waals surface area contributed by atoms with Crippen molar-refractivity contribution in [2.45, 2.75) is 38.7 Å². The summed E-state index contributed by atoms with van der Waals surface area (Å²) in [7, 11) is 1.78. The normalized spacial score (nSPS) is 16.2. The predicted octanol–water partition coefficient (Wildman–Crippen LogP) is 4.32. The van der Waals surface area contributed by atoms with Crippen LogP contribution >= 0.6 is 0 Å². The Bertz CT molecular complexity index is 934. The molecular formula is C28H39N3O5. The average molecular weight is 498 g/mol. The van der Waals surface area contributed by atoms with Crippen LogP contribution in [0.25, 0.3) is 0 Å². The molecule has 0 radical (unpaired) electrons. The number of benzene rings is 2. The lowest BCUT2D eigenvalue weighted by Gasteiger charge is -2.25. The maximum atomic E-state index is 13.3. The van der Waals surface area contributed by atoms with Crippen LogP contribution in [0.3, 0.4) is 0 Å². The Labute approximate surface area is 214 Å². The summed E-state index contributed by atoms with van der Waals surface area (Å²) in [5.74, 6) is 0.507. The molecular weight excluding hydrogens is 458 g/mol. The van der Waals surface area contributed by atoms with Crippen LogP contribution in [0.1, 0.15) is 60.2 Å². The number of hydrazine groups is 1. The van der Waals surface area contributed by atoms with Crippen molar-refractivity contribution in [1.29, 1.82) is 0 Å². The van der Waals surface area contributed by atoms with Gasteiger partial charge in [-0.05, 0) is 61.8 Å². The molecule has 1 fully saturated rings. The molecule has 196 valence electrons. The third kappa shape index (κ3) is 8.62.